The Labute approximate surface area is 169 Å². The topological polar surface area (TPSA) is 88.4 Å². The number of esters is 1. The van der Waals surface area contributed by atoms with Crippen molar-refractivity contribution in [1.29, 1.82) is 5.26 Å². The van der Waals surface area contributed by atoms with Gasteiger partial charge in [-0.15, -0.1) is 0 Å². The van der Waals surface area contributed by atoms with Crippen LogP contribution in [0, 0.1) is 11.3 Å². The van der Waals surface area contributed by atoms with E-state index >= 15 is 0 Å². The largest absolute Gasteiger partial charge is 0.497 e. The third-order valence-corrected chi connectivity index (χ3v) is 4.78. The fraction of sp³-hybridized carbons (Fsp3) is 0.261. The molecule has 0 aromatic heterocycles. The van der Waals surface area contributed by atoms with Crippen LogP contribution in [0.2, 0.25) is 0 Å². The molecule has 1 aliphatic rings. The van der Waals surface area contributed by atoms with Gasteiger partial charge in [0.2, 0.25) is 0 Å². The summed E-state index contributed by atoms with van der Waals surface area (Å²) in [6.07, 6.45) is 4.23. The van der Waals surface area contributed by atoms with Gasteiger partial charge in [0.15, 0.2) is 6.61 Å². The van der Waals surface area contributed by atoms with E-state index in [1.165, 1.54) is 18.7 Å². The molecular weight excluding hydrogens is 368 g/mol. The molecule has 6 heteroatoms. The Bertz CT molecular complexity index is 975. The van der Waals surface area contributed by atoms with Crippen molar-refractivity contribution in [3.05, 3.63) is 70.8 Å². The molecule has 6 nitrogen and oxygen atoms in total. The lowest BCUT2D eigenvalue weighted by Gasteiger charge is -2.26. The minimum absolute atomic E-state index is 0.0890. The van der Waals surface area contributed by atoms with E-state index in [1.54, 1.807) is 24.3 Å². The molecule has 0 spiro atoms. The Balaban J connectivity index is 1.59. The summed E-state index contributed by atoms with van der Waals surface area (Å²) in [4.78, 5) is 24.5. The van der Waals surface area contributed by atoms with E-state index in [0.717, 1.165) is 24.8 Å². The lowest BCUT2D eigenvalue weighted by molar-refractivity contribution is -0.144. The van der Waals surface area contributed by atoms with Gasteiger partial charge in [-0.3, -0.25) is 4.79 Å². The van der Waals surface area contributed by atoms with Crippen LogP contribution < -0.4 is 10.1 Å². The quantitative estimate of drug-likeness (QED) is 0.464. The van der Waals surface area contributed by atoms with Gasteiger partial charge in [0, 0.05) is 0 Å². The van der Waals surface area contributed by atoms with E-state index in [4.69, 9.17) is 9.47 Å². The molecule has 1 atom stereocenters. The Morgan fingerprint density at radius 1 is 1.24 bits per heavy atom. The number of nitriles is 1. The normalized spacial score (nSPS) is 15.6. The summed E-state index contributed by atoms with van der Waals surface area (Å²) in [6, 6.07) is 16.7. The fourth-order valence-corrected chi connectivity index (χ4v) is 3.38. The Hall–Kier alpha value is -3.59. The maximum absolute atomic E-state index is 12.3. The molecule has 29 heavy (non-hydrogen) atoms. The number of methoxy groups -OCH3 is 1. The molecule has 148 valence electrons. The van der Waals surface area contributed by atoms with Gasteiger partial charge in [0.25, 0.3) is 5.91 Å². The van der Waals surface area contributed by atoms with Crippen molar-refractivity contribution in [3.8, 4) is 11.8 Å². The number of nitrogens with zero attached hydrogens (tertiary/aromatic N) is 1. The highest BCUT2D eigenvalue weighted by atomic mass is 16.5. The van der Waals surface area contributed by atoms with Crippen LogP contribution >= 0.6 is 0 Å². The van der Waals surface area contributed by atoms with Crippen LogP contribution in [0.3, 0.4) is 0 Å². The average molecular weight is 390 g/mol. The Morgan fingerprint density at radius 2 is 2.07 bits per heavy atom. The van der Waals surface area contributed by atoms with E-state index in [-0.39, 0.29) is 11.6 Å². The third kappa shape index (κ3) is 5.23. The van der Waals surface area contributed by atoms with Crippen molar-refractivity contribution in [2.75, 3.05) is 13.7 Å². The molecule has 0 fully saturated rings. The fourth-order valence-electron chi connectivity index (χ4n) is 3.38. The van der Waals surface area contributed by atoms with Gasteiger partial charge in [-0.25, -0.2) is 4.79 Å². The third-order valence-electron chi connectivity index (χ3n) is 4.78. The second-order valence-corrected chi connectivity index (χ2v) is 6.73. The van der Waals surface area contributed by atoms with Gasteiger partial charge in [-0.1, -0.05) is 36.4 Å². The molecule has 3 rings (SSSR count). The first kappa shape index (κ1) is 20.2. The van der Waals surface area contributed by atoms with Crippen molar-refractivity contribution in [3.63, 3.8) is 0 Å². The summed E-state index contributed by atoms with van der Waals surface area (Å²) in [7, 11) is 1.53. The number of fused-ring (bicyclic) bond motifs is 1. The number of aryl methyl sites for hydroxylation is 1. The summed E-state index contributed by atoms with van der Waals surface area (Å²) in [5, 5.41) is 12.2. The molecular formula is C23H22N2O4. The first-order valence-electron chi connectivity index (χ1n) is 9.41. The molecule has 0 bridgehead atoms. The molecule has 0 heterocycles. The van der Waals surface area contributed by atoms with Crippen LogP contribution in [0.25, 0.3) is 6.08 Å². The minimum Gasteiger partial charge on any atom is -0.497 e. The number of amides is 1. The molecule has 0 radical (unpaired) electrons. The average Bonchev–Trinajstić information content (AvgIpc) is 2.76. The van der Waals surface area contributed by atoms with E-state index in [1.807, 2.05) is 24.3 Å². The van der Waals surface area contributed by atoms with Crippen LogP contribution in [-0.2, 0) is 20.7 Å². The van der Waals surface area contributed by atoms with Gasteiger partial charge in [-0.2, -0.15) is 5.26 Å². The predicted molar refractivity (Wildman–Crippen MR) is 108 cm³/mol. The van der Waals surface area contributed by atoms with Crippen LogP contribution in [0.5, 0.6) is 5.75 Å². The van der Waals surface area contributed by atoms with E-state index in [9.17, 15) is 14.9 Å². The highest BCUT2D eigenvalue weighted by Gasteiger charge is 2.22. The highest BCUT2D eigenvalue weighted by Crippen LogP contribution is 2.29. The maximum atomic E-state index is 12.3. The molecule has 0 aliphatic heterocycles. The van der Waals surface area contributed by atoms with Crippen molar-refractivity contribution >= 4 is 18.0 Å². The second-order valence-electron chi connectivity index (χ2n) is 6.73. The maximum Gasteiger partial charge on any atom is 0.349 e. The molecule has 2 aromatic carbocycles. The zero-order chi connectivity index (χ0) is 20.6. The Kier molecular flexibility index (Phi) is 6.64. The van der Waals surface area contributed by atoms with Crippen LogP contribution in [0.1, 0.15) is 35.6 Å². The molecule has 0 unspecified atom stereocenters. The van der Waals surface area contributed by atoms with Crippen LogP contribution in [0.4, 0.5) is 0 Å². The summed E-state index contributed by atoms with van der Waals surface area (Å²) < 4.78 is 10.2. The molecule has 0 saturated heterocycles. The van der Waals surface area contributed by atoms with E-state index in [0.29, 0.717) is 11.3 Å². The lowest BCUT2D eigenvalue weighted by atomic mass is 9.88. The number of benzene rings is 2. The molecule has 0 saturated carbocycles. The van der Waals surface area contributed by atoms with Crippen molar-refractivity contribution in [2.45, 2.75) is 25.3 Å². The van der Waals surface area contributed by atoms with Crippen molar-refractivity contribution in [1.82, 2.24) is 5.32 Å². The van der Waals surface area contributed by atoms with E-state index in [2.05, 4.69) is 11.4 Å². The summed E-state index contributed by atoms with van der Waals surface area (Å²) in [6.45, 7) is -0.436. The summed E-state index contributed by atoms with van der Waals surface area (Å²) >= 11 is 0. The number of hydrogen-bond donors (Lipinski definition) is 1. The Morgan fingerprint density at radius 3 is 2.86 bits per heavy atom. The second kappa shape index (κ2) is 9.56. The number of carbonyl (C=O) groups is 2. The molecule has 1 amide bonds. The monoisotopic (exact) mass is 390 g/mol. The first-order valence-corrected chi connectivity index (χ1v) is 9.41. The van der Waals surface area contributed by atoms with Gasteiger partial charge in [0.05, 0.1) is 13.2 Å². The minimum atomic E-state index is -0.838. The van der Waals surface area contributed by atoms with Crippen molar-refractivity contribution in [2.24, 2.45) is 0 Å². The molecule has 1 aliphatic carbocycles. The van der Waals surface area contributed by atoms with Crippen LogP contribution in [-0.4, -0.2) is 25.6 Å². The highest BCUT2D eigenvalue weighted by molar-refractivity contribution is 5.98. The number of hydrogen-bond acceptors (Lipinski definition) is 5. The summed E-state index contributed by atoms with van der Waals surface area (Å²) in [5.41, 5.74) is 2.78. The smallest absolute Gasteiger partial charge is 0.349 e. The number of ether oxygens (including phenoxy) is 2. The standard InChI is InChI=1S/C23H22N2O4/c1-28-19-9-4-6-16(13-19)12-18(14-24)23(27)29-15-22(26)25-21-11-5-8-17-7-2-3-10-20(17)21/h2-4,6-7,9-10,12-13,21H,5,8,11,15H2,1H3,(H,25,26)/b18-12+/t21-/m0/s1. The predicted octanol–water partition coefficient (Wildman–Crippen LogP) is 3.34. The lowest BCUT2D eigenvalue weighted by Crippen LogP contribution is -2.34. The molecule has 1 N–H and O–H groups in total. The van der Waals surface area contributed by atoms with Gasteiger partial charge >= 0.3 is 5.97 Å². The van der Waals surface area contributed by atoms with Gasteiger partial charge in [0.1, 0.15) is 17.4 Å². The summed E-state index contributed by atoms with van der Waals surface area (Å²) in [5.74, 6) is -0.621. The zero-order valence-corrected chi connectivity index (χ0v) is 16.2. The van der Waals surface area contributed by atoms with Gasteiger partial charge < -0.3 is 14.8 Å². The number of carbonyl (C=O) groups excluding carboxylic acids is 2. The SMILES string of the molecule is COc1cccc(/C=C(\C#N)C(=O)OCC(=O)N[C@H]2CCCc3ccccc32)c1. The van der Waals surface area contributed by atoms with Crippen LogP contribution in [0.15, 0.2) is 54.1 Å². The zero-order valence-electron chi connectivity index (χ0n) is 16.2. The van der Waals surface area contributed by atoms with Crippen molar-refractivity contribution < 1.29 is 19.1 Å². The van der Waals surface area contributed by atoms with Gasteiger partial charge in [-0.05, 0) is 54.2 Å². The number of nitrogens with one attached hydrogen (secondary N) is 1. The first-order chi connectivity index (χ1) is 14.1. The molecule has 2 aromatic rings. The number of rotatable bonds is 6. The van der Waals surface area contributed by atoms with E-state index < -0.39 is 18.5 Å².